The SMILES string of the molecule is CCCCCCCCCCCCCCCCCC(=O)OC(CCCCCCCCCCCCCCCCC)CCCCCCCCCCCCCCCC(C)C. The van der Waals surface area contributed by atoms with Crippen molar-refractivity contribution in [2.45, 2.75) is 336 Å². The molecule has 0 aliphatic heterocycles. The summed E-state index contributed by atoms with van der Waals surface area (Å²) in [5, 5.41) is 0. The second-order valence-corrected chi connectivity index (χ2v) is 19.1. The first kappa shape index (κ1) is 55.5. The second kappa shape index (κ2) is 48.8. The standard InChI is InChI=1S/C54H108O2/c1-5-7-9-11-13-15-17-19-21-25-29-33-37-41-45-49-53(50-46-42-38-34-30-26-23-24-28-32-36-40-44-48-52(3)4)56-54(55)51-47-43-39-35-31-27-22-20-18-16-14-12-10-8-6-2/h52-53H,5-51H2,1-4H3. The molecule has 0 aromatic carbocycles. The van der Waals surface area contributed by atoms with Crippen molar-refractivity contribution in [3.63, 3.8) is 0 Å². The van der Waals surface area contributed by atoms with Crippen LogP contribution < -0.4 is 0 Å². The zero-order valence-electron chi connectivity index (χ0n) is 39.7. The molecule has 336 valence electrons. The predicted molar refractivity (Wildman–Crippen MR) is 253 cm³/mol. The van der Waals surface area contributed by atoms with E-state index in [1.165, 1.54) is 276 Å². The monoisotopic (exact) mass is 789 g/mol. The fourth-order valence-electron chi connectivity index (χ4n) is 8.76. The van der Waals surface area contributed by atoms with Crippen molar-refractivity contribution in [2.24, 2.45) is 5.92 Å². The Morgan fingerprint density at radius 1 is 0.304 bits per heavy atom. The van der Waals surface area contributed by atoms with E-state index in [1.54, 1.807) is 0 Å². The average molecular weight is 789 g/mol. The molecule has 2 nitrogen and oxygen atoms in total. The van der Waals surface area contributed by atoms with Crippen LogP contribution in [0, 0.1) is 5.92 Å². The van der Waals surface area contributed by atoms with Crippen LogP contribution in [0.3, 0.4) is 0 Å². The number of carbonyl (C=O) groups is 1. The highest BCUT2D eigenvalue weighted by Crippen LogP contribution is 2.20. The van der Waals surface area contributed by atoms with E-state index in [2.05, 4.69) is 27.7 Å². The number of hydrogen-bond acceptors (Lipinski definition) is 2. The third kappa shape index (κ3) is 47.8. The minimum Gasteiger partial charge on any atom is -0.462 e. The van der Waals surface area contributed by atoms with Gasteiger partial charge in [-0.05, 0) is 38.0 Å². The van der Waals surface area contributed by atoms with E-state index in [4.69, 9.17) is 4.74 Å². The highest BCUT2D eigenvalue weighted by atomic mass is 16.5. The van der Waals surface area contributed by atoms with Crippen molar-refractivity contribution in [2.75, 3.05) is 0 Å². The molecule has 1 unspecified atom stereocenters. The minimum atomic E-state index is 0.0845. The Labute approximate surface area is 355 Å². The number of hydrogen-bond donors (Lipinski definition) is 0. The van der Waals surface area contributed by atoms with Crippen LogP contribution in [-0.4, -0.2) is 12.1 Å². The summed E-state index contributed by atoms with van der Waals surface area (Å²) in [5.41, 5.74) is 0. The van der Waals surface area contributed by atoms with Crippen molar-refractivity contribution in [3.8, 4) is 0 Å². The van der Waals surface area contributed by atoms with Crippen molar-refractivity contribution in [3.05, 3.63) is 0 Å². The van der Waals surface area contributed by atoms with Crippen LogP contribution in [-0.2, 0) is 9.53 Å². The van der Waals surface area contributed by atoms with Gasteiger partial charge in [0.15, 0.2) is 0 Å². The lowest BCUT2D eigenvalue weighted by Gasteiger charge is -2.18. The van der Waals surface area contributed by atoms with Gasteiger partial charge in [-0.2, -0.15) is 0 Å². The molecule has 0 aliphatic carbocycles. The van der Waals surface area contributed by atoms with Crippen molar-refractivity contribution >= 4 is 5.97 Å². The van der Waals surface area contributed by atoms with E-state index in [-0.39, 0.29) is 12.1 Å². The summed E-state index contributed by atoms with van der Waals surface area (Å²) < 4.78 is 6.17. The summed E-state index contributed by atoms with van der Waals surface area (Å²) in [7, 11) is 0. The third-order valence-electron chi connectivity index (χ3n) is 12.7. The molecule has 2 heteroatoms. The van der Waals surface area contributed by atoms with Gasteiger partial charge in [-0.25, -0.2) is 0 Å². The van der Waals surface area contributed by atoms with Gasteiger partial charge in [-0.3, -0.25) is 4.79 Å². The molecule has 0 bridgehead atoms. The second-order valence-electron chi connectivity index (χ2n) is 19.1. The number of esters is 1. The average Bonchev–Trinajstić information content (AvgIpc) is 3.19. The Kier molecular flexibility index (Phi) is 48.4. The van der Waals surface area contributed by atoms with Crippen molar-refractivity contribution in [1.82, 2.24) is 0 Å². The molecule has 0 N–H and O–H groups in total. The maximum absolute atomic E-state index is 12.9. The fraction of sp³-hybridized carbons (Fsp3) is 0.981. The van der Waals surface area contributed by atoms with Crippen LogP contribution in [0.25, 0.3) is 0 Å². The van der Waals surface area contributed by atoms with Crippen LogP contribution in [0.1, 0.15) is 329 Å². The highest BCUT2D eigenvalue weighted by molar-refractivity contribution is 5.69. The number of unbranched alkanes of at least 4 members (excludes halogenated alkanes) is 40. The molecule has 0 rings (SSSR count). The lowest BCUT2D eigenvalue weighted by Crippen LogP contribution is -2.18. The molecule has 0 radical (unpaired) electrons. The minimum absolute atomic E-state index is 0.0845. The first-order valence-electron chi connectivity index (χ1n) is 26.8. The largest absolute Gasteiger partial charge is 0.462 e. The van der Waals surface area contributed by atoms with E-state index >= 15 is 0 Å². The normalized spacial score (nSPS) is 12.2. The van der Waals surface area contributed by atoms with Crippen LogP contribution in [0.5, 0.6) is 0 Å². The molecule has 0 aromatic rings. The molecule has 56 heavy (non-hydrogen) atoms. The quantitative estimate of drug-likeness (QED) is 0.0453. The van der Waals surface area contributed by atoms with Crippen LogP contribution in [0.4, 0.5) is 0 Å². The summed E-state index contributed by atoms with van der Waals surface area (Å²) in [6, 6.07) is 0. The van der Waals surface area contributed by atoms with Gasteiger partial charge in [-0.15, -0.1) is 0 Å². The Morgan fingerprint density at radius 3 is 0.768 bits per heavy atom. The summed E-state index contributed by atoms with van der Waals surface area (Å²) >= 11 is 0. The first-order chi connectivity index (χ1) is 27.6. The van der Waals surface area contributed by atoms with Crippen LogP contribution in [0.2, 0.25) is 0 Å². The molecule has 0 saturated heterocycles. The Hall–Kier alpha value is -0.530. The van der Waals surface area contributed by atoms with Crippen LogP contribution >= 0.6 is 0 Å². The Bertz CT molecular complexity index is 715. The van der Waals surface area contributed by atoms with E-state index in [9.17, 15) is 4.79 Å². The van der Waals surface area contributed by atoms with Gasteiger partial charge >= 0.3 is 5.97 Å². The zero-order valence-corrected chi connectivity index (χ0v) is 39.7. The Balaban J connectivity index is 4.07. The third-order valence-corrected chi connectivity index (χ3v) is 12.7. The molecule has 0 spiro atoms. The summed E-state index contributed by atoms with van der Waals surface area (Å²) in [6.45, 7) is 9.30. The number of carbonyl (C=O) groups excluding carboxylic acids is 1. The predicted octanol–water partition coefficient (Wildman–Crippen LogP) is 19.9. The van der Waals surface area contributed by atoms with Gasteiger partial charge in [-0.1, -0.05) is 291 Å². The summed E-state index contributed by atoms with van der Waals surface area (Å²) in [5.74, 6) is 0.956. The maximum Gasteiger partial charge on any atom is 0.306 e. The van der Waals surface area contributed by atoms with Gasteiger partial charge in [0.05, 0.1) is 0 Å². The molecule has 0 amide bonds. The molecular weight excluding hydrogens is 681 g/mol. The Morgan fingerprint density at radius 2 is 0.518 bits per heavy atom. The molecule has 1 atom stereocenters. The summed E-state index contributed by atoms with van der Waals surface area (Å²) in [4.78, 5) is 12.9. The molecule has 0 aliphatic rings. The molecule has 0 saturated carbocycles. The van der Waals surface area contributed by atoms with Gasteiger partial charge in [0.1, 0.15) is 6.10 Å². The maximum atomic E-state index is 12.9. The van der Waals surface area contributed by atoms with E-state index in [0.29, 0.717) is 6.42 Å². The highest BCUT2D eigenvalue weighted by Gasteiger charge is 2.14. The van der Waals surface area contributed by atoms with E-state index in [0.717, 1.165) is 25.2 Å². The van der Waals surface area contributed by atoms with Gasteiger partial charge in [0.25, 0.3) is 0 Å². The zero-order chi connectivity index (χ0) is 40.7. The van der Waals surface area contributed by atoms with E-state index < -0.39 is 0 Å². The van der Waals surface area contributed by atoms with Gasteiger partial charge in [0, 0.05) is 6.42 Å². The lowest BCUT2D eigenvalue weighted by molar-refractivity contribution is -0.150. The first-order valence-corrected chi connectivity index (χ1v) is 26.8. The van der Waals surface area contributed by atoms with Crippen molar-refractivity contribution in [1.29, 1.82) is 0 Å². The van der Waals surface area contributed by atoms with Gasteiger partial charge < -0.3 is 4.74 Å². The molecule has 0 fully saturated rings. The van der Waals surface area contributed by atoms with Crippen LogP contribution in [0.15, 0.2) is 0 Å². The number of ether oxygens (including phenoxy) is 1. The molecule has 0 aromatic heterocycles. The molecular formula is C54H108O2. The molecule has 0 heterocycles. The summed E-state index contributed by atoms with van der Waals surface area (Å²) in [6.07, 6.45) is 64.0. The van der Waals surface area contributed by atoms with E-state index in [1.807, 2.05) is 0 Å². The van der Waals surface area contributed by atoms with Gasteiger partial charge in [0.2, 0.25) is 0 Å². The lowest BCUT2D eigenvalue weighted by atomic mass is 10.0. The topological polar surface area (TPSA) is 26.3 Å². The fourth-order valence-corrected chi connectivity index (χ4v) is 8.76. The number of rotatable bonds is 49. The van der Waals surface area contributed by atoms with Crippen molar-refractivity contribution < 1.29 is 9.53 Å². The smallest absolute Gasteiger partial charge is 0.306 e.